The van der Waals surface area contributed by atoms with E-state index < -0.39 is 11.4 Å². The molecule has 0 N–H and O–H groups in total. The Balaban J connectivity index is 0. The van der Waals surface area contributed by atoms with Crippen LogP contribution in [0.25, 0.3) is 0 Å². The molecule has 0 aliphatic rings. The molecule has 0 aromatic rings. The fourth-order valence-corrected chi connectivity index (χ4v) is 0. The van der Waals surface area contributed by atoms with Gasteiger partial charge in [-0.15, -0.1) is 11.4 Å². The van der Waals surface area contributed by atoms with Crippen LogP contribution in [0.15, 0.2) is 0 Å². The zero-order valence-corrected chi connectivity index (χ0v) is 5.41. The van der Waals surface area contributed by atoms with E-state index in [0.717, 1.165) is 0 Å². The summed E-state index contributed by atoms with van der Waals surface area (Å²) in [5.74, 6) is 0. The van der Waals surface area contributed by atoms with Crippen molar-refractivity contribution in [2.75, 3.05) is 0 Å². The van der Waals surface area contributed by atoms with Crippen molar-refractivity contribution in [2.24, 2.45) is 0 Å². The van der Waals surface area contributed by atoms with Gasteiger partial charge in [0.2, 0.25) is 0 Å². The summed E-state index contributed by atoms with van der Waals surface area (Å²) in [6.45, 7) is 0. The second-order valence-electron chi connectivity index (χ2n) is 0.204. The van der Waals surface area contributed by atoms with E-state index in [1.165, 1.54) is 0 Å². The molecule has 0 amide bonds. The second kappa shape index (κ2) is 4.95. The minimum absolute atomic E-state index is 0. The standard InChI is InChI=1S/H2O3S.Zr/c1-4(2)3;/h(H2,1,2,3);/q;+2/p-2. The summed E-state index contributed by atoms with van der Waals surface area (Å²) in [4.78, 5) is 0. The van der Waals surface area contributed by atoms with Gasteiger partial charge in [-0.2, -0.15) is 0 Å². The molecule has 3 nitrogen and oxygen atoms in total. The molecule has 0 aliphatic carbocycles. The van der Waals surface area contributed by atoms with Crippen LogP contribution >= 0.6 is 0 Å². The molecule has 28 valence electrons. The number of hydrogen-bond acceptors (Lipinski definition) is 3. The van der Waals surface area contributed by atoms with E-state index in [4.69, 9.17) is 13.3 Å². The Morgan fingerprint density at radius 3 is 1.40 bits per heavy atom. The molecule has 0 bridgehead atoms. The van der Waals surface area contributed by atoms with E-state index in [1.54, 1.807) is 0 Å². The SMILES string of the molecule is O=S([O-])[O-].[Zr+2]. The van der Waals surface area contributed by atoms with E-state index in [9.17, 15) is 0 Å². The van der Waals surface area contributed by atoms with Crippen LogP contribution in [0.4, 0.5) is 0 Å². The Bertz CT molecular complexity index is 29.9. The third kappa shape index (κ3) is 47.5. The van der Waals surface area contributed by atoms with Crippen LogP contribution in [0, 0.1) is 0 Å². The maximum Gasteiger partial charge on any atom is 2.00 e. The van der Waals surface area contributed by atoms with Crippen LogP contribution in [-0.2, 0) is 37.6 Å². The van der Waals surface area contributed by atoms with Crippen molar-refractivity contribution in [3.8, 4) is 0 Å². The Hall–Kier alpha value is 0.953. The molecule has 0 spiro atoms. The van der Waals surface area contributed by atoms with Gasteiger partial charge in [0.05, 0.1) is 0 Å². The van der Waals surface area contributed by atoms with Crippen molar-refractivity contribution in [3.05, 3.63) is 0 Å². The van der Waals surface area contributed by atoms with Gasteiger partial charge in [-0.05, 0) is 0 Å². The molecular weight excluding hydrogens is 171 g/mol. The smallest absolute Gasteiger partial charge is 0.784 e. The Kier molecular flexibility index (Phi) is 9.26. The molecule has 0 saturated heterocycles. The third-order valence-electron chi connectivity index (χ3n) is 0. The first kappa shape index (κ1) is 9.35. The minimum atomic E-state index is -3.11. The summed E-state index contributed by atoms with van der Waals surface area (Å²) in [6.07, 6.45) is 0. The average Bonchev–Trinajstić information content (AvgIpc) is 0.811. The normalized spacial score (nSPS) is 7.00. The van der Waals surface area contributed by atoms with Crippen LogP contribution in [0.3, 0.4) is 0 Å². The molecule has 0 atom stereocenters. The topological polar surface area (TPSA) is 63.2 Å². The van der Waals surface area contributed by atoms with Crippen LogP contribution in [0.1, 0.15) is 0 Å². The first-order valence-electron chi connectivity index (χ1n) is 0.500. The van der Waals surface area contributed by atoms with Crippen molar-refractivity contribution in [3.63, 3.8) is 0 Å². The van der Waals surface area contributed by atoms with Gasteiger partial charge in [0, 0.05) is 0 Å². The minimum Gasteiger partial charge on any atom is -0.784 e. The summed E-state index contributed by atoms with van der Waals surface area (Å²) in [7, 11) is 0. The first-order valence-corrected chi connectivity index (χ1v) is 1.50. The fraction of sp³-hybridized carbons (Fsp3) is 0. The largest absolute Gasteiger partial charge is 2.00 e. The summed E-state index contributed by atoms with van der Waals surface area (Å²) in [5, 5.41) is 0. The van der Waals surface area contributed by atoms with E-state index in [2.05, 4.69) is 0 Å². The molecule has 0 unspecified atom stereocenters. The predicted molar refractivity (Wildman–Crippen MR) is 9.70 cm³/mol. The Labute approximate surface area is 51.0 Å². The first-order chi connectivity index (χ1) is 1.73. The number of rotatable bonds is 0. The average molecular weight is 171 g/mol. The molecule has 0 heterocycles. The van der Waals surface area contributed by atoms with Crippen LogP contribution in [0.2, 0.25) is 0 Å². The van der Waals surface area contributed by atoms with Gasteiger partial charge < -0.3 is 9.11 Å². The quantitative estimate of drug-likeness (QED) is 0.439. The maximum absolute atomic E-state index is 8.44. The van der Waals surface area contributed by atoms with E-state index in [0.29, 0.717) is 0 Å². The zero-order valence-electron chi connectivity index (χ0n) is 2.13. The van der Waals surface area contributed by atoms with Crippen molar-refractivity contribution in [2.45, 2.75) is 0 Å². The molecular formula is O3SZr. The predicted octanol–water partition coefficient (Wildman–Crippen LogP) is -1.01. The van der Waals surface area contributed by atoms with Gasteiger partial charge in [-0.1, -0.05) is 0 Å². The van der Waals surface area contributed by atoms with Crippen LogP contribution in [0.5, 0.6) is 0 Å². The summed E-state index contributed by atoms with van der Waals surface area (Å²) in [6, 6.07) is 0. The van der Waals surface area contributed by atoms with Crippen molar-refractivity contribution in [1.82, 2.24) is 0 Å². The van der Waals surface area contributed by atoms with E-state index >= 15 is 0 Å². The van der Waals surface area contributed by atoms with E-state index in [-0.39, 0.29) is 26.2 Å². The third-order valence-corrected chi connectivity index (χ3v) is 0. The van der Waals surface area contributed by atoms with Crippen molar-refractivity contribution < 1.29 is 39.5 Å². The second-order valence-corrected chi connectivity index (χ2v) is 0.612. The van der Waals surface area contributed by atoms with Gasteiger partial charge in [-0.3, -0.25) is 4.21 Å². The Morgan fingerprint density at radius 2 is 1.40 bits per heavy atom. The summed E-state index contributed by atoms with van der Waals surface area (Å²) >= 11 is -3.11. The fourth-order valence-electron chi connectivity index (χ4n) is 0. The van der Waals surface area contributed by atoms with Gasteiger partial charge in [0.15, 0.2) is 0 Å². The van der Waals surface area contributed by atoms with Gasteiger partial charge >= 0.3 is 26.2 Å². The summed E-state index contributed by atoms with van der Waals surface area (Å²) < 4.78 is 25.3. The molecule has 0 aromatic carbocycles. The van der Waals surface area contributed by atoms with E-state index in [1.807, 2.05) is 0 Å². The molecule has 0 rings (SSSR count). The van der Waals surface area contributed by atoms with Crippen molar-refractivity contribution in [1.29, 1.82) is 0 Å². The van der Waals surface area contributed by atoms with Crippen LogP contribution < -0.4 is 0 Å². The maximum atomic E-state index is 8.44. The van der Waals surface area contributed by atoms with Gasteiger partial charge in [0.25, 0.3) is 0 Å². The monoisotopic (exact) mass is 170 g/mol. The zero-order chi connectivity index (χ0) is 3.58. The molecule has 0 aliphatic heterocycles. The van der Waals surface area contributed by atoms with Crippen LogP contribution in [-0.4, -0.2) is 13.3 Å². The van der Waals surface area contributed by atoms with Crippen molar-refractivity contribution >= 4 is 11.4 Å². The molecule has 0 aromatic heterocycles. The van der Waals surface area contributed by atoms with Gasteiger partial charge in [0.1, 0.15) is 0 Å². The molecule has 0 fully saturated rings. The molecule has 5 heteroatoms. The van der Waals surface area contributed by atoms with Gasteiger partial charge in [-0.25, -0.2) is 0 Å². The molecule has 0 radical (unpaired) electrons. The molecule has 0 saturated carbocycles. The Morgan fingerprint density at radius 1 is 1.40 bits per heavy atom. The number of hydrogen-bond donors (Lipinski definition) is 0. The molecule has 5 heavy (non-hydrogen) atoms. The summed E-state index contributed by atoms with van der Waals surface area (Å²) in [5.41, 5.74) is 0.